The van der Waals surface area contributed by atoms with Crippen LogP contribution in [0.5, 0.6) is 11.5 Å². The van der Waals surface area contributed by atoms with E-state index in [-0.39, 0.29) is 35.2 Å². The van der Waals surface area contributed by atoms with Crippen molar-refractivity contribution in [3.05, 3.63) is 119 Å². The third kappa shape index (κ3) is 8.34. The summed E-state index contributed by atoms with van der Waals surface area (Å²) < 4.78 is 40.1. The van der Waals surface area contributed by atoms with E-state index < -0.39 is 28.5 Å². The Kier molecular flexibility index (Phi) is 11.5. The molecule has 0 unspecified atom stereocenters. The highest BCUT2D eigenvalue weighted by Gasteiger charge is 2.34. The molecule has 9 nitrogen and oxygen atoms in total. The van der Waals surface area contributed by atoms with Crippen LogP contribution in [0.25, 0.3) is 0 Å². The second-order valence-electron chi connectivity index (χ2n) is 10.1. The van der Waals surface area contributed by atoms with Gasteiger partial charge in [-0.3, -0.25) is 13.9 Å². The highest BCUT2D eigenvalue weighted by atomic mass is 35.5. The first kappa shape index (κ1) is 33.4. The number of ether oxygens (including phenoxy) is 2. The van der Waals surface area contributed by atoms with Crippen LogP contribution in [0.1, 0.15) is 18.1 Å². The van der Waals surface area contributed by atoms with E-state index in [0.29, 0.717) is 17.3 Å². The molecule has 0 bridgehead atoms. The summed E-state index contributed by atoms with van der Waals surface area (Å²) in [5.41, 5.74) is 1.86. The number of sulfonamides is 1. The molecule has 0 heterocycles. The van der Waals surface area contributed by atoms with E-state index in [1.54, 1.807) is 61.5 Å². The zero-order chi connectivity index (χ0) is 32.4. The van der Waals surface area contributed by atoms with Gasteiger partial charge in [-0.25, -0.2) is 8.42 Å². The fourth-order valence-electron chi connectivity index (χ4n) is 4.86. The topological polar surface area (TPSA) is 105 Å². The smallest absolute Gasteiger partial charge is 0.264 e. The van der Waals surface area contributed by atoms with E-state index in [0.717, 1.165) is 15.4 Å². The Bertz CT molecular complexity index is 1690. The number of methoxy groups -OCH3 is 2. The predicted octanol–water partition coefficient (Wildman–Crippen LogP) is 5.33. The lowest BCUT2D eigenvalue weighted by atomic mass is 10.0. The highest BCUT2D eigenvalue weighted by Crippen LogP contribution is 2.32. The summed E-state index contributed by atoms with van der Waals surface area (Å²) in [4.78, 5) is 29.3. The summed E-state index contributed by atoms with van der Waals surface area (Å²) >= 11 is 6.12. The molecule has 2 amide bonds. The van der Waals surface area contributed by atoms with Crippen LogP contribution in [-0.2, 0) is 32.6 Å². The van der Waals surface area contributed by atoms with Crippen molar-refractivity contribution in [2.24, 2.45) is 0 Å². The van der Waals surface area contributed by atoms with E-state index in [2.05, 4.69) is 5.32 Å². The van der Waals surface area contributed by atoms with Gasteiger partial charge >= 0.3 is 0 Å². The maximum atomic E-state index is 14.4. The minimum atomic E-state index is -4.30. The van der Waals surface area contributed by atoms with Gasteiger partial charge in [0.05, 0.1) is 24.8 Å². The number of anilines is 1. The minimum Gasteiger partial charge on any atom is -0.493 e. The molecule has 4 rings (SSSR count). The monoisotopic (exact) mass is 649 g/mol. The Balaban J connectivity index is 1.79. The van der Waals surface area contributed by atoms with Gasteiger partial charge in [0, 0.05) is 30.6 Å². The number of carbonyl (C=O) groups excluding carboxylic acids is 2. The number of halogens is 1. The molecule has 4 aromatic rings. The molecule has 0 radical (unpaired) electrons. The van der Waals surface area contributed by atoms with Crippen LogP contribution in [0.2, 0.25) is 5.02 Å². The highest BCUT2D eigenvalue weighted by molar-refractivity contribution is 7.92. The first-order valence-corrected chi connectivity index (χ1v) is 16.1. The maximum absolute atomic E-state index is 14.4. The number of nitrogens with one attached hydrogen (secondary N) is 1. The molecular formula is C34H36ClN3O6S. The van der Waals surface area contributed by atoms with Gasteiger partial charge in [-0.1, -0.05) is 72.3 Å². The molecule has 1 atom stereocenters. The second kappa shape index (κ2) is 15.5. The van der Waals surface area contributed by atoms with Crippen molar-refractivity contribution in [1.29, 1.82) is 0 Å². The van der Waals surface area contributed by atoms with Gasteiger partial charge < -0.3 is 19.7 Å². The van der Waals surface area contributed by atoms with Gasteiger partial charge in [-0.05, 0) is 54.4 Å². The van der Waals surface area contributed by atoms with Gasteiger partial charge in [-0.15, -0.1) is 0 Å². The van der Waals surface area contributed by atoms with Crippen LogP contribution in [0.4, 0.5) is 5.69 Å². The Labute approximate surface area is 269 Å². The van der Waals surface area contributed by atoms with Crippen LogP contribution < -0.4 is 19.1 Å². The molecule has 0 saturated heterocycles. The summed E-state index contributed by atoms with van der Waals surface area (Å²) in [6, 6.07) is 28.0. The SMILES string of the molecule is CCNC(=O)[C@H](Cc1ccccc1)N(Cc1ccc(Cl)cc1)C(=O)CN(c1ccccc1)S(=O)(=O)c1ccc(OC)c(OC)c1. The minimum absolute atomic E-state index is 0.0453. The van der Waals surface area contributed by atoms with Gasteiger partial charge in [0.15, 0.2) is 11.5 Å². The fraction of sp³-hybridized carbons (Fsp3) is 0.235. The lowest BCUT2D eigenvalue weighted by molar-refractivity contribution is -0.140. The van der Waals surface area contributed by atoms with E-state index in [1.165, 1.54) is 37.3 Å². The van der Waals surface area contributed by atoms with E-state index in [1.807, 2.05) is 30.3 Å². The number of benzene rings is 4. The number of amides is 2. The average Bonchev–Trinajstić information content (AvgIpc) is 3.06. The molecule has 0 aliphatic heterocycles. The number of hydrogen-bond acceptors (Lipinski definition) is 6. The zero-order valence-electron chi connectivity index (χ0n) is 25.4. The van der Waals surface area contributed by atoms with Crippen molar-refractivity contribution < 1.29 is 27.5 Å². The van der Waals surface area contributed by atoms with Crippen LogP contribution in [0, 0.1) is 0 Å². The Hall–Kier alpha value is -4.54. The Morgan fingerprint density at radius 2 is 1.44 bits per heavy atom. The molecule has 0 aliphatic carbocycles. The lowest BCUT2D eigenvalue weighted by Gasteiger charge is -2.34. The van der Waals surface area contributed by atoms with Crippen LogP contribution in [-0.4, -0.2) is 58.5 Å². The molecule has 1 N–H and O–H groups in total. The molecule has 4 aromatic carbocycles. The number of rotatable bonds is 14. The summed E-state index contributed by atoms with van der Waals surface area (Å²) in [6.45, 7) is 1.63. The van der Waals surface area contributed by atoms with Crippen LogP contribution in [0.3, 0.4) is 0 Å². The van der Waals surface area contributed by atoms with Gasteiger partial charge in [0.2, 0.25) is 11.8 Å². The maximum Gasteiger partial charge on any atom is 0.264 e. The quantitative estimate of drug-likeness (QED) is 0.198. The number of hydrogen-bond donors (Lipinski definition) is 1. The first-order chi connectivity index (χ1) is 21.7. The molecule has 0 fully saturated rings. The Morgan fingerprint density at radius 3 is 2.04 bits per heavy atom. The predicted molar refractivity (Wildman–Crippen MR) is 175 cm³/mol. The summed E-state index contributed by atoms with van der Waals surface area (Å²) in [6.07, 6.45) is 0.222. The van der Waals surface area contributed by atoms with Crippen molar-refractivity contribution in [3.63, 3.8) is 0 Å². The number of nitrogens with zero attached hydrogens (tertiary/aromatic N) is 2. The summed E-state index contributed by atoms with van der Waals surface area (Å²) in [5, 5.41) is 3.37. The molecular weight excluding hydrogens is 614 g/mol. The summed E-state index contributed by atoms with van der Waals surface area (Å²) in [5.74, 6) is -0.331. The number of para-hydroxylation sites is 1. The van der Waals surface area contributed by atoms with Crippen molar-refractivity contribution in [1.82, 2.24) is 10.2 Å². The average molecular weight is 650 g/mol. The van der Waals surface area contributed by atoms with Crippen molar-refractivity contribution in [3.8, 4) is 11.5 Å². The third-order valence-corrected chi connectivity index (χ3v) is 9.18. The fourth-order valence-corrected chi connectivity index (χ4v) is 6.42. The largest absolute Gasteiger partial charge is 0.493 e. The van der Waals surface area contributed by atoms with Crippen molar-refractivity contribution in [2.75, 3.05) is 31.6 Å². The first-order valence-electron chi connectivity index (χ1n) is 14.3. The molecule has 236 valence electrons. The zero-order valence-corrected chi connectivity index (χ0v) is 26.9. The van der Waals surface area contributed by atoms with Crippen LogP contribution in [0.15, 0.2) is 108 Å². The normalized spacial score (nSPS) is 11.7. The second-order valence-corrected chi connectivity index (χ2v) is 12.4. The van der Waals surface area contributed by atoms with Crippen molar-refractivity contribution in [2.45, 2.75) is 30.8 Å². The van der Waals surface area contributed by atoms with Gasteiger partial charge in [0.25, 0.3) is 10.0 Å². The molecule has 0 aromatic heterocycles. The van der Waals surface area contributed by atoms with E-state index in [9.17, 15) is 18.0 Å². The standard InChI is InChI=1S/C34H36ClN3O6S/c1-4-36-34(40)30(21-25-11-7-5-8-12-25)37(23-26-15-17-27(35)18-16-26)33(39)24-38(28-13-9-6-10-14-28)45(41,42)29-19-20-31(43-2)32(22-29)44-3/h5-20,22,30H,4,21,23-24H2,1-3H3,(H,36,40)/t30-/m0/s1. The van der Waals surface area contributed by atoms with Gasteiger partial charge in [-0.2, -0.15) is 0 Å². The van der Waals surface area contributed by atoms with E-state index >= 15 is 0 Å². The van der Waals surface area contributed by atoms with Crippen molar-refractivity contribution >= 4 is 39.1 Å². The molecule has 11 heteroatoms. The number of likely N-dealkylation sites (N-methyl/N-ethyl adjacent to an activating group) is 1. The van der Waals surface area contributed by atoms with E-state index in [4.69, 9.17) is 21.1 Å². The van der Waals surface area contributed by atoms with Crippen LogP contribution >= 0.6 is 11.6 Å². The molecule has 0 spiro atoms. The summed E-state index contributed by atoms with van der Waals surface area (Å²) in [7, 11) is -1.43. The Morgan fingerprint density at radius 1 is 0.822 bits per heavy atom. The molecule has 45 heavy (non-hydrogen) atoms. The molecule has 0 aliphatic rings. The number of carbonyl (C=O) groups is 2. The third-order valence-electron chi connectivity index (χ3n) is 7.15. The lowest BCUT2D eigenvalue weighted by Crippen LogP contribution is -2.53. The van der Waals surface area contributed by atoms with Gasteiger partial charge in [0.1, 0.15) is 12.6 Å². The molecule has 0 saturated carbocycles.